The highest BCUT2D eigenvalue weighted by Crippen LogP contribution is 2.24. The summed E-state index contributed by atoms with van der Waals surface area (Å²) in [6, 6.07) is 14.1. The molecule has 1 aliphatic heterocycles. The van der Waals surface area contributed by atoms with Crippen LogP contribution in [0, 0.1) is 12.7 Å². The molecule has 1 amide bonds. The van der Waals surface area contributed by atoms with Crippen LogP contribution in [0.15, 0.2) is 53.7 Å². The van der Waals surface area contributed by atoms with Crippen molar-refractivity contribution in [3.63, 3.8) is 0 Å². The third-order valence-electron chi connectivity index (χ3n) is 5.27. The van der Waals surface area contributed by atoms with E-state index in [2.05, 4.69) is 15.1 Å². The second-order valence-corrected chi connectivity index (χ2v) is 8.14. The molecule has 1 aromatic heterocycles. The molecule has 3 aromatic rings. The topological polar surface area (TPSA) is 63.5 Å². The number of amides is 1. The van der Waals surface area contributed by atoms with Crippen LogP contribution in [-0.4, -0.2) is 64.6 Å². The molecule has 2 heterocycles. The molecule has 7 nitrogen and oxygen atoms in total. The molecule has 162 valence electrons. The van der Waals surface area contributed by atoms with Crippen molar-refractivity contribution in [3.05, 3.63) is 60.2 Å². The number of anilines is 1. The largest absolute Gasteiger partial charge is 0.497 e. The second-order valence-electron chi connectivity index (χ2n) is 7.20. The Hall–Kier alpha value is -3.07. The summed E-state index contributed by atoms with van der Waals surface area (Å²) in [5, 5.41) is 9.11. The highest BCUT2D eigenvalue weighted by atomic mass is 32.2. The molecule has 4 rings (SSSR count). The molecule has 31 heavy (non-hydrogen) atoms. The Labute approximate surface area is 184 Å². The summed E-state index contributed by atoms with van der Waals surface area (Å²) in [6.45, 7) is 4.62. The lowest BCUT2D eigenvalue weighted by molar-refractivity contribution is -0.128. The predicted molar refractivity (Wildman–Crippen MR) is 119 cm³/mol. The minimum absolute atomic E-state index is 0.0747. The van der Waals surface area contributed by atoms with Crippen LogP contribution in [0.3, 0.4) is 0 Å². The van der Waals surface area contributed by atoms with Crippen LogP contribution in [0.4, 0.5) is 10.1 Å². The van der Waals surface area contributed by atoms with Gasteiger partial charge in [0.1, 0.15) is 17.4 Å². The highest BCUT2D eigenvalue weighted by molar-refractivity contribution is 7.99. The van der Waals surface area contributed by atoms with Gasteiger partial charge in [-0.05, 0) is 55.5 Å². The molecule has 0 bridgehead atoms. The molecule has 0 saturated carbocycles. The van der Waals surface area contributed by atoms with Gasteiger partial charge in [0.2, 0.25) is 5.91 Å². The number of piperazine rings is 1. The highest BCUT2D eigenvalue weighted by Gasteiger charge is 2.22. The maximum absolute atomic E-state index is 13.1. The number of ether oxygens (including phenoxy) is 1. The fourth-order valence-corrected chi connectivity index (χ4v) is 4.45. The van der Waals surface area contributed by atoms with E-state index >= 15 is 0 Å². The van der Waals surface area contributed by atoms with Crippen molar-refractivity contribution in [1.82, 2.24) is 19.7 Å². The summed E-state index contributed by atoms with van der Waals surface area (Å²) in [7, 11) is 1.63. The van der Waals surface area contributed by atoms with Crippen molar-refractivity contribution in [2.45, 2.75) is 12.1 Å². The monoisotopic (exact) mass is 441 g/mol. The Morgan fingerprint density at radius 3 is 2.29 bits per heavy atom. The minimum Gasteiger partial charge on any atom is -0.497 e. The number of rotatable bonds is 6. The molecular formula is C22H24FN5O2S. The molecule has 1 aliphatic rings. The van der Waals surface area contributed by atoms with Crippen LogP contribution in [0.2, 0.25) is 0 Å². The lowest BCUT2D eigenvalue weighted by Crippen LogP contribution is -2.49. The second kappa shape index (κ2) is 9.38. The van der Waals surface area contributed by atoms with E-state index < -0.39 is 0 Å². The summed E-state index contributed by atoms with van der Waals surface area (Å²) in [5.41, 5.74) is 1.90. The molecule has 2 aromatic carbocycles. The molecule has 0 aliphatic carbocycles. The van der Waals surface area contributed by atoms with Gasteiger partial charge in [-0.1, -0.05) is 11.8 Å². The van der Waals surface area contributed by atoms with Crippen molar-refractivity contribution in [2.75, 3.05) is 43.9 Å². The van der Waals surface area contributed by atoms with Crippen LogP contribution in [0.25, 0.3) is 5.69 Å². The first-order valence-electron chi connectivity index (χ1n) is 10.0. The number of nitrogens with zero attached hydrogens (tertiary/aromatic N) is 5. The first-order chi connectivity index (χ1) is 15.0. The number of benzene rings is 2. The smallest absolute Gasteiger partial charge is 0.233 e. The van der Waals surface area contributed by atoms with Crippen molar-refractivity contribution in [1.29, 1.82) is 0 Å². The Kier molecular flexibility index (Phi) is 6.41. The lowest BCUT2D eigenvalue weighted by atomic mass is 10.2. The summed E-state index contributed by atoms with van der Waals surface area (Å²) in [6.07, 6.45) is 0. The molecule has 0 unspecified atom stereocenters. The minimum atomic E-state index is -0.243. The van der Waals surface area contributed by atoms with Gasteiger partial charge in [0.15, 0.2) is 5.16 Å². The number of hydrogen-bond donors (Lipinski definition) is 0. The van der Waals surface area contributed by atoms with Gasteiger partial charge in [0, 0.05) is 37.6 Å². The summed E-state index contributed by atoms with van der Waals surface area (Å²) in [5.74, 6) is 1.66. The molecule has 9 heteroatoms. The first-order valence-corrected chi connectivity index (χ1v) is 11.0. The summed E-state index contributed by atoms with van der Waals surface area (Å²) >= 11 is 1.38. The van der Waals surface area contributed by atoms with Gasteiger partial charge in [0.05, 0.1) is 12.9 Å². The first kappa shape index (κ1) is 21.2. The fraction of sp³-hybridized carbons (Fsp3) is 0.318. The number of thioether (sulfide) groups is 1. The van der Waals surface area contributed by atoms with E-state index in [0.717, 1.165) is 36.0 Å². The zero-order chi connectivity index (χ0) is 21.8. The van der Waals surface area contributed by atoms with Crippen LogP contribution in [0.5, 0.6) is 5.75 Å². The van der Waals surface area contributed by atoms with E-state index in [4.69, 9.17) is 4.74 Å². The zero-order valence-electron chi connectivity index (χ0n) is 17.5. The normalized spacial score (nSPS) is 14.0. The predicted octanol–water partition coefficient (Wildman–Crippen LogP) is 3.16. The number of methoxy groups -OCH3 is 1. The molecule has 1 fully saturated rings. The average Bonchev–Trinajstić information content (AvgIpc) is 3.18. The lowest BCUT2D eigenvalue weighted by Gasteiger charge is -2.36. The van der Waals surface area contributed by atoms with Gasteiger partial charge in [-0.2, -0.15) is 0 Å². The van der Waals surface area contributed by atoms with Crippen LogP contribution in [0.1, 0.15) is 5.82 Å². The maximum Gasteiger partial charge on any atom is 0.233 e. The zero-order valence-corrected chi connectivity index (χ0v) is 18.3. The Bertz CT molecular complexity index is 1030. The number of aromatic nitrogens is 3. The Balaban J connectivity index is 1.35. The molecule has 0 atom stereocenters. The molecule has 0 N–H and O–H groups in total. The number of aryl methyl sites for hydroxylation is 1. The third kappa shape index (κ3) is 4.82. The third-order valence-corrected chi connectivity index (χ3v) is 6.19. The van der Waals surface area contributed by atoms with Crippen molar-refractivity contribution in [3.8, 4) is 11.4 Å². The number of halogens is 1. The van der Waals surface area contributed by atoms with Crippen molar-refractivity contribution >= 4 is 23.4 Å². The van der Waals surface area contributed by atoms with E-state index in [1.807, 2.05) is 40.7 Å². The quantitative estimate of drug-likeness (QED) is 0.548. The van der Waals surface area contributed by atoms with Crippen LogP contribution >= 0.6 is 11.8 Å². The van der Waals surface area contributed by atoms with E-state index in [0.29, 0.717) is 24.0 Å². The van der Waals surface area contributed by atoms with Gasteiger partial charge >= 0.3 is 0 Å². The van der Waals surface area contributed by atoms with Crippen LogP contribution in [-0.2, 0) is 4.79 Å². The van der Waals surface area contributed by atoms with E-state index in [-0.39, 0.29) is 11.7 Å². The molecule has 0 radical (unpaired) electrons. The van der Waals surface area contributed by atoms with Crippen molar-refractivity contribution < 1.29 is 13.9 Å². The van der Waals surface area contributed by atoms with Gasteiger partial charge in [-0.15, -0.1) is 10.2 Å². The number of hydrogen-bond acceptors (Lipinski definition) is 6. The van der Waals surface area contributed by atoms with Gasteiger partial charge in [0.25, 0.3) is 0 Å². The summed E-state index contributed by atoms with van der Waals surface area (Å²) in [4.78, 5) is 16.8. The standard InChI is InChI=1S/C22H24FN5O2S/c1-16-24-25-22(28(16)19-7-9-20(30-2)10-8-19)31-15-21(29)27-13-11-26(12-14-27)18-5-3-17(23)4-6-18/h3-10H,11-15H2,1-2H3. The maximum atomic E-state index is 13.1. The fourth-order valence-electron chi connectivity index (χ4n) is 3.55. The Morgan fingerprint density at radius 1 is 1.00 bits per heavy atom. The number of carbonyl (C=O) groups excluding carboxylic acids is 1. The molecular weight excluding hydrogens is 417 g/mol. The van der Waals surface area contributed by atoms with Crippen molar-refractivity contribution in [2.24, 2.45) is 0 Å². The van der Waals surface area contributed by atoms with Gasteiger partial charge in [-0.3, -0.25) is 9.36 Å². The number of carbonyl (C=O) groups is 1. The summed E-state index contributed by atoms with van der Waals surface area (Å²) < 4.78 is 20.3. The van der Waals surface area contributed by atoms with Gasteiger partial charge in [-0.25, -0.2) is 4.39 Å². The SMILES string of the molecule is COc1ccc(-n2c(C)nnc2SCC(=O)N2CCN(c3ccc(F)cc3)CC2)cc1. The van der Waals surface area contributed by atoms with E-state index in [1.165, 1.54) is 23.9 Å². The van der Waals surface area contributed by atoms with E-state index in [1.54, 1.807) is 19.2 Å². The Morgan fingerprint density at radius 2 is 1.65 bits per heavy atom. The average molecular weight is 442 g/mol. The molecule has 1 saturated heterocycles. The van der Waals surface area contributed by atoms with E-state index in [9.17, 15) is 9.18 Å². The molecule has 0 spiro atoms. The van der Waals surface area contributed by atoms with Crippen LogP contribution < -0.4 is 9.64 Å². The van der Waals surface area contributed by atoms with Gasteiger partial charge < -0.3 is 14.5 Å².